The van der Waals surface area contributed by atoms with Gasteiger partial charge in [-0.15, -0.1) is 11.8 Å². The van der Waals surface area contributed by atoms with E-state index in [2.05, 4.69) is 55.5 Å². The molecule has 2 unspecified atom stereocenters. The first-order chi connectivity index (χ1) is 9.28. The molecule has 0 saturated carbocycles. The van der Waals surface area contributed by atoms with E-state index in [1.165, 1.54) is 21.6 Å². The number of thioether (sulfide) groups is 1. The second-order valence-corrected chi connectivity index (χ2v) is 6.37. The summed E-state index contributed by atoms with van der Waals surface area (Å²) in [7, 11) is 0. The Morgan fingerprint density at radius 2 is 2.05 bits per heavy atom. The first-order valence-corrected chi connectivity index (χ1v) is 7.75. The minimum atomic E-state index is 0.115. The molecular formula is C17H19NS. The van der Waals surface area contributed by atoms with Crippen LogP contribution in [0.5, 0.6) is 0 Å². The molecule has 0 spiro atoms. The second-order valence-electron chi connectivity index (χ2n) is 5.09. The Labute approximate surface area is 119 Å². The van der Waals surface area contributed by atoms with E-state index in [0.717, 1.165) is 12.8 Å². The maximum absolute atomic E-state index is 6.48. The van der Waals surface area contributed by atoms with Crippen molar-refractivity contribution in [3.8, 4) is 0 Å². The van der Waals surface area contributed by atoms with E-state index in [1.54, 1.807) is 0 Å². The molecule has 1 heterocycles. The van der Waals surface area contributed by atoms with Crippen molar-refractivity contribution >= 4 is 11.8 Å². The number of nitrogens with two attached hydrogens (primary N) is 1. The van der Waals surface area contributed by atoms with Crippen molar-refractivity contribution in [3.63, 3.8) is 0 Å². The summed E-state index contributed by atoms with van der Waals surface area (Å²) in [5.41, 5.74) is 10.6. The number of aryl methyl sites for hydroxylation is 1. The molecule has 2 aromatic carbocycles. The quantitative estimate of drug-likeness (QED) is 0.912. The van der Waals surface area contributed by atoms with Gasteiger partial charge in [-0.1, -0.05) is 49.4 Å². The van der Waals surface area contributed by atoms with Crippen LogP contribution < -0.4 is 5.73 Å². The summed E-state index contributed by atoms with van der Waals surface area (Å²) >= 11 is 1.93. The molecule has 2 N–H and O–H groups in total. The zero-order chi connectivity index (χ0) is 13.2. The number of rotatable bonds is 3. The van der Waals surface area contributed by atoms with E-state index in [0.29, 0.717) is 5.25 Å². The summed E-state index contributed by atoms with van der Waals surface area (Å²) in [5, 5.41) is 0.463. The lowest BCUT2D eigenvalue weighted by Crippen LogP contribution is -2.23. The highest BCUT2D eigenvalue weighted by Gasteiger charge is 2.27. The monoisotopic (exact) mass is 269 g/mol. The van der Waals surface area contributed by atoms with E-state index in [-0.39, 0.29) is 6.04 Å². The average Bonchev–Trinajstić information content (AvgIpc) is 2.90. The van der Waals surface area contributed by atoms with Gasteiger partial charge in [0.25, 0.3) is 0 Å². The summed E-state index contributed by atoms with van der Waals surface area (Å²) in [6.07, 6.45) is 2.15. The molecule has 3 rings (SSSR count). The van der Waals surface area contributed by atoms with E-state index in [4.69, 9.17) is 5.73 Å². The van der Waals surface area contributed by atoms with Gasteiger partial charge < -0.3 is 5.73 Å². The number of hydrogen-bond donors (Lipinski definition) is 1. The van der Waals surface area contributed by atoms with Crippen molar-refractivity contribution in [3.05, 3.63) is 65.2 Å². The molecule has 1 aliphatic heterocycles. The van der Waals surface area contributed by atoms with Crippen LogP contribution in [0.25, 0.3) is 0 Å². The summed E-state index contributed by atoms with van der Waals surface area (Å²) in [4.78, 5) is 1.40. The molecule has 2 heteroatoms. The Morgan fingerprint density at radius 3 is 2.84 bits per heavy atom. The Hall–Kier alpha value is -1.25. The van der Waals surface area contributed by atoms with Crippen molar-refractivity contribution in [2.45, 2.75) is 36.0 Å². The Morgan fingerprint density at radius 1 is 1.21 bits per heavy atom. The van der Waals surface area contributed by atoms with Gasteiger partial charge in [0.05, 0.1) is 0 Å². The maximum Gasteiger partial charge on any atom is 0.0422 e. The first kappa shape index (κ1) is 12.8. The maximum atomic E-state index is 6.48. The topological polar surface area (TPSA) is 26.0 Å². The van der Waals surface area contributed by atoms with Crippen LogP contribution in [-0.4, -0.2) is 5.25 Å². The van der Waals surface area contributed by atoms with Gasteiger partial charge in [-0.2, -0.15) is 0 Å². The highest BCUT2D eigenvalue weighted by Crippen LogP contribution is 2.41. The van der Waals surface area contributed by atoms with Gasteiger partial charge in [-0.3, -0.25) is 0 Å². The third kappa shape index (κ3) is 2.56. The SMILES string of the molecule is CCc1cccc(C(N)C2Cc3ccccc3S2)c1. The van der Waals surface area contributed by atoms with Crippen molar-refractivity contribution in [2.75, 3.05) is 0 Å². The minimum Gasteiger partial charge on any atom is -0.323 e. The number of hydrogen-bond acceptors (Lipinski definition) is 2. The number of benzene rings is 2. The van der Waals surface area contributed by atoms with E-state index >= 15 is 0 Å². The standard InChI is InChI=1S/C17H19NS/c1-2-12-6-5-8-14(10-12)17(18)16-11-13-7-3-4-9-15(13)19-16/h3-10,16-17H,2,11,18H2,1H3. The molecule has 0 fully saturated rings. The van der Waals surface area contributed by atoms with Crippen LogP contribution in [0.3, 0.4) is 0 Å². The first-order valence-electron chi connectivity index (χ1n) is 6.87. The molecular weight excluding hydrogens is 250 g/mol. The molecule has 0 aliphatic carbocycles. The normalized spacial score (nSPS) is 19.2. The van der Waals surface area contributed by atoms with Gasteiger partial charge in [0.15, 0.2) is 0 Å². The summed E-state index contributed by atoms with van der Waals surface area (Å²) < 4.78 is 0. The van der Waals surface area contributed by atoms with Crippen LogP contribution in [0.2, 0.25) is 0 Å². The minimum absolute atomic E-state index is 0.115. The molecule has 1 nitrogen and oxygen atoms in total. The zero-order valence-electron chi connectivity index (χ0n) is 11.2. The molecule has 0 saturated heterocycles. The largest absolute Gasteiger partial charge is 0.323 e. The molecule has 0 aromatic heterocycles. The predicted octanol–water partition coefficient (Wildman–Crippen LogP) is 3.97. The van der Waals surface area contributed by atoms with Gasteiger partial charge in [0.2, 0.25) is 0 Å². The number of fused-ring (bicyclic) bond motifs is 1. The third-order valence-corrected chi connectivity index (χ3v) is 5.23. The van der Waals surface area contributed by atoms with Gasteiger partial charge in [0, 0.05) is 16.2 Å². The van der Waals surface area contributed by atoms with Gasteiger partial charge >= 0.3 is 0 Å². The van der Waals surface area contributed by atoms with E-state index < -0.39 is 0 Å². The van der Waals surface area contributed by atoms with Crippen LogP contribution in [0.15, 0.2) is 53.4 Å². The fraction of sp³-hybridized carbons (Fsp3) is 0.294. The average molecular weight is 269 g/mol. The van der Waals surface area contributed by atoms with Crippen molar-refractivity contribution in [1.82, 2.24) is 0 Å². The van der Waals surface area contributed by atoms with Crippen molar-refractivity contribution in [2.24, 2.45) is 5.73 Å². The molecule has 2 atom stereocenters. The highest BCUT2D eigenvalue weighted by atomic mass is 32.2. The Kier molecular flexibility index (Phi) is 3.63. The molecule has 0 bridgehead atoms. The van der Waals surface area contributed by atoms with Crippen LogP contribution in [0, 0.1) is 0 Å². The summed E-state index contributed by atoms with van der Waals surface area (Å²) in [5.74, 6) is 0. The van der Waals surface area contributed by atoms with Gasteiger partial charge in [-0.25, -0.2) is 0 Å². The molecule has 1 aliphatic rings. The lowest BCUT2D eigenvalue weighted by molar-refractivity contribution is 0.677. The van der Waals surface area contributed by atoms with E-state index in [1.807, 2.05) is 11.8 Å². The lowest BCUT2D eigenvalue weighted by Gasteiger charge is -2.19. The van der Waals surface area contributed by atoms with Crippen LogP contribution in [0.1, 0.15) is 29.7 Å². The Bertz CT molecular complexity index is 554. The zero-order valence-corrected chi connectivity index (χ0v) is 12.0. The summed E-state index contributed by atoms with van der Waals surface area (Å²) in [6.45, 7) is 2.19. The second kappa shape index (κ2) is 5.40. The molecule has 0 radical (unpaired) electrons. The van der Waals surface area contributed by atoms with Crippen LogP contribution >= 0.6 is 11.8 Å². The highest BCUT2D eigenvalue weighted by molar-refractivity contribution is 8.00. The fourth-order valence-corrected chi connectivity index (χ4v) is 4.00. The smallest absolute Gasteiger partial charge is 0.0422 e. The van der Waals surface area contributed by atoms with Gasteiger partial charge in [-0.05, 0) is 35.6 Å². The van der Waals surface area contributed by atoms with E-state index in [9.17, 15) is 0 Å². The van der Waals surface area contributed by atoms with Crippen molar-refractivity contribution in [1.29, 1.82) is 0 Å². The molecule has 98 valence electrons. The summed E-state index contributed by atoms with van der Waals surface area (Å²) in [6, 6.07) is 17.5. The Balaban J connectivity index is 1.80. The lowest BCUT2D eigenvalue weighted by atomic mass is 9.97. The van der Waals surface area contributed by atoms with Crippen molar-refractivity contribution < 1.29 is 0 Å². The molecule has 2 aromatic rings. The molecule has 0 amide bonds. The van der Waals surface area contributed by atoms with Crippen LogP contribution in [-0.2, 0) is 12.8 Å². The third-order valence-electron chi connectivity index (χ3n) is 3.82. The predicted molar refractivity (Wildman–Crippen MR) is 82.5 cm³/mol. The van der Waals surface area contributed by atoms with Gasteiger partial charge in [0.1, 0.15) is 0 Å². The van der Waals surface area contributed by atoms with Crippen LogP contribution in [0.4, 0.5) is 0 Å². The molecule has 19 heavy (non-hydrogen) atoms. The fourth-order valence-electron chi connectivity index (χ4n) is 2.64.